The molecule has 0 radical (unpaired) electrons. The van der Waals surface area contributed by atoms with Crippen molar-refractivity contribution in [3.8, 4) is 0 Å². The maximum atomic E-state index is 14.0. The molecule has 2 aromatic carbocycles. The molecule has 0 atom stereocenters. The van der Waals surface area contributed by atoms with Crippen molar-refractivity contribution in [3.05, 3.63) is 64.7 Å². The van der Waals surface area contributed by atoms with E-state index in [1.807, 2.05) is 0 Å². The van der Waals surface area contributed by atoms with Gasteiger partial charge in [-0.15, -0.1) is 0 Å². The quantitative estimate of drug-likeness (QED) is 0.689. The molecule has 21 heavy (non-hydrogen) atoms. The normalized spacial score (nSPS) is 15.8. The van der Waals surface area contributed by atoms with Crippen molar-refractivity contribution in [2.24, 2.45) is 0 Å². The van der Waals surface area contributed by atoms with Crippen LogP contribution in [0.5, 0.6) is 0 Å². The van der Waals surface area contributed by atoms with Gasteiger partial charge in [0.2, 0.25) is 0 Å². The standard InChI is InChI=1S/C17H15F2NO/c1-10-2-7-13(15(19)14(10)18)16(21)17(8-9-17)11-3-5-12(20)6-4-11/h2-7H,8-9,20H2,1H3. The predicted octanol–water partition coefficient (Wildman–Crippen LogP) is 3.77. The third kappa shape index (κ3) is 2.11. The number of nitrogens with two attached hydrogens (primary N) is 1. The first-order chi connectivity index (χ1) is 9.95. The summed E-state index contributed by atoms with van der Waals surface area (Å²) in [6, 6.07) is 9.80. The molecule has 0 aromatic heterocycles. The predicted molar refractivity (Wildman–Crippen MR) is 77.2 cm³/mol. The Hall–Kier alpha value is -2.23. The minimum atomic E-state index is -1.05. The highest BCUT2D eigenvalue weighted by Crippen LogP contribution is 2.51. The van der Waals surface area contributed by atoms with Crippen molar-refractivity contribution >= 4 is 11.5 Å². The number of anilines is 1. The van der Waals surface area contributed by atoms with Gasteiger partial charge >= 0.3 is 0 Å². The first-order valence-electron chi connectivity index (χ1n) is 6.81. The minimum absolute atomic E-state index is 0.174. The zero-order chi connectivity index (χ0) is 15.2. The Morgan fingerprint density at radius 1 is 1.05 bits per heavy atom. The van der Waals surface area contributed by atoms with Crippen molar-refractivity contribution in [2.45, 2.75) is 25.2 Å². The molecular weight excluding hydrogens is 272 g/mol. The van der Waals surface area contributed by atoms with Gasteiger partial charge in [0.05, 0.1) is 11.0 Å². The van der Waals surface area contributed by atoms with Crippen LogP contribution in [-0.2, 0) is 5.41 Å². The molecule has 0 aliphatic heterocycles. The van der Waals surface area contributed by atoms with E-state index in [1.165, 1.54) is 19.1 Å². The number of hydrogen-bond acceptors (Lipinski definition) is 2. The molecule has 0 saturated heterocycles. The van der Waals surface area contributed by atoms with Crippen molar-refractivity contribution < 1.29 is 13.6 Å². The van der Waals surface area contributed by atoms with Crippen LogP contribution in [0.25, 0.3) is 0 Å². The lowest BCUT2D eigenvalue weighted by atomic mass is 9.87. The Bertz CT molecular complexity index is 718. The molecule has 1 aliphatic rings. The first-order valence-corrected chi connectivity index (χ1v) is 6.81. The molecule has 0 heterocycles. The van der Waals surface area contributed by atoms with E-state index in [0.29, 0.717) is 18.5 Å². The number of Topliss-reactive ketones (excluding diaryl/α,β-unsaturated/α-hetero) is 1. The molecule has 2 nitrogen and oxygen atoms in total. The van der Waals surface area contributed by atoms with Crippen LogP contribution in [0, 0.1) is 18.6 Å². The summed E-state index contributed by atoms with van der Waals surface area (Å²) in [5, 5.41) is 0. The van der Waals surface area contributed by atoms with Crippen LogP contribution in [0.2, 0.25) is 0 Å². The van der Waals surface area contributed by atoms with E-state index in [-0.39, 0.29) is 16.9 Å². The summed E-state index contributed by atoms with van der Waals surface area (Å²) >= 11 is 0. The smallest absolute Gasteiger partial charge is 0.176 e. The maximum absolute atomic E-state index is 14.0. The van der Waals surface area contributed by atoms with E-state index < -0.39 is 17.0 Å². The zero-order valence-corrected chi connectivity index (χ0v) is 11.6. The van der Waals surface area contributed by atoms with Gasteiger partial charge in [-0.1, -0.05) is 18.2 Å². The van der Waals surface area contributed by atoms with Crippen molar-refractivity contribution in [1.82, 2.24) is 0 Å². The van der Waals surface area contributed by atoms with Gasteiger partial charge in [0.1, 0.15) is 0 Å². The van der Waals surface area contributed by atoms with Crippen LogP contribution >= 0.6 is 0 Å². The SMILES string of the molecule is Cc1ccc(C(=O)C2(c3ccc(N)cc3)CC2)c(F)c1F. The van der Waals surface area contributed by atoms with Crippen LogP contribution in [0.4, 0.5) is 14.5 Å². The molecule has 1 aliphatic carbocycles. The van der Waals surface area contributed by atoms with Gasteiger partial charge in [0.15, 0.2) is 17.4 Å². The number of ketones is 1. The fourth-order valence-electron chi connectivity index (χ4n) is 2.65. The van der Waals surface area contributed by atoms with Gasteiger partial charge in [-0.3, -0.25) is 4.79 Å². The number of benzene rings is 2. The molecule has 1 saturated carbocycles. The number of rotatable bonds is 3. The van der Waals surface area contributed by atoms with Crippen LogP contribution < -0.4 is 5.73 Å². The molecule has 1 fully saturated rings. The van der Waals surface area contributed by atoms with E-state index in [0.717, 1.165) is 5.56 Å². The Morgan fingerprint density at radius 2 is 1.67 bits per heavy atom. The summed E-state index contributed by atoms with van der Waals surface area (Å²) in [4.78, 5) is 12.7. The molecule has 0 bridgehead atoms. The molecular formula is C17H15F2NO. The molecule has 2 aromatic rings. The highest BCUT2D eigenvalue weighted by atomic mass is 19.2. The number of aryl methyl sites for hydroxylation is 1. The highest BCUT2D eigenvalue weighted by molar-refractivity contribution is 6.06. The fourth-order valence-corrected chi connectivity index (χ4v) is 2.65. The zero-order valence-electron chi connectivity index (χ0n) is 11.6. The summed E-state index contributed by atoms with van der Waals surface area (Å²) in [5.74, 6) is -2.36. The maximum Gasteiger partial charge on any atom is 0.176 e. The summed E-state index contributed by atoms with van der Waals surface area (Å²) in [6.07, 6.45) is 1.29. The minimum Gasteiger partial charge on any atom is -0.399 e. The topological polar surface area (TPSA) is 43.1 Å². The van der Waals surface area contributed by atoms with Crippen molar-refractivity contribution in [3.63, 3.8) is 0 Å². The Kier molecular flexibility index (Phi) is 3.04. The largest absolute Gasteiger partial charge is 0.399 e. The lowest BCUT2D eigenvalue weighted by Gasteiger charge is -2.16. The molecule has 108 valence electrons. The molecule has 0 amide bonds. The van der Waals surface area contributed by atoms with E-state index in [9.17, 15) is 13.6 Å². The lowest BCUT2D eigenvalue weighted by molar-refractivity contribution is 0.0941. The Balaban J connectivity index is 2.03. The van der Waals surface area contributed by atoms with E-state index in [4.69, 9.17) is 5.73 Å². The van der Waals surface area contributed by atoms with E-state index in [1.54, 1.807) is 24.3 Å². The number of nitrogen functional groups attached to an aromatic ring is 1. The van der Waals surface area contributed by atoms with Crippen LogP contribution in [0.15, 0.2) is 36.4 Å². The van der Waals surface area contributed by atoms with Gasteiger partial charge in [0, 0.05) is 5.69 Å². The summed E-state index contributed by atoms with van der Waals surface area (Å²) in [5.41, 5.74) is 6.35. The summed E-state index contributed by atoms with van der Waals surface area (Å²) in [6.45, 7) is 1.47. The molecule has 4 heteroatoms. The second-order valence-electron chi connectivity index (χ2n) is 5.59. The second kappa shape index (κ2) is 4.65. The van der Waals surface area contributed by atoms with Gasteiger partial charge < -0.3 is 5.73 Å². The first kappa shape index (κ1) is 13.7. The third-order valence-corrected chi connectivity index (χ3v) is 4.17. The van der Waals surface area contributed by atoms with Gasteiger partial charge in [-0.05, 0) is 49.1 Å². The van der Waals surface area contributed by atoms with Crippen LogP contribution in [0.1, 0.15) is 34.3 Å². The monoisotopic (exact) mass is 287 g/mol. The third-order valence-electron chi connectivity index (χ3n) is 4.17. The van der Waals surface area contributed by atoms with Crippen LogP contribution in [-0.4, -0.2) is 5.78 Å². The fraction of sp³-hybridized carbons (Fsp3) is 0.235. The Labute approximate surface area is 121 Å². The average Bonchev–Trinajstić information content (AvgIpc) is 3.27. The molecule has 2 N–H and O–H groups in total. The molecule has 3 rings (SSSR count). The number of hydrogen-bond donors (Lipinski definition) is 1. The lowest BCUT2D eigenvalue weighted by Crippen LogP contribution is -2.22. The van der Waals surface area contributed by atoms with Crippen LogP contribution in [0.3, 0.4) is 0 Å². The molecule has 0 unspecified atom stereocenters. The second-order valence-corrected chi connectivity index (χ2v) is 5.59. The molecule has 0 spiro atoms. The van der Waals surface area contributed by atoms with E-state index in [2.05, 4.69) is 0 Å². The number of carbonyl (C=O) groups excluding carboxylic acids is 1. The number of carbonyl (C=O) groups is 1. The van der Waals surface area contributed by atoms with Gasteiger partial charge in [-0.2, -0.15) is 0 Å². The number of halogens is 2. The summed E-state index contributed by atoms with van der Waals surface area (Å²) in [7, 11) is 0. The van der Waals surface area contributed by atoms with Crippen molar-refractivity contribution in [1.29, 1.82) is 0 Å². The van der Waals surface area contributed by atoms with Gasteiger partial charge in [0.25, 0.3) is 0 Å². The average molecular weight is 287 g/mol. The Morgan fingerprint density at radius 3 is 2.24 bits per heavy atom. The van der Waals surface area contributed by atoms with E-state index >= 15 is 0 Å². The highest BCUT2D eigenvalue weighted by Gasteiger charge is 2.51. The van der Waals surface area contributed by atoms with Gasteiger partial charge in [-0.25, -0.2) is 8.78 Å². The van der Waals surface area contributed by atoms with Crippen molar-refractivity contribution in [2.75, 3.05) is 5.73 Å². The summed E-state index contributed by atoms with van der Waals surface area (Å²) < 4.78 is 27.7.